The first-order chi connectivity index (χ1) is 8.65. The van der Waals surface area contributed by atoms with Gasteiger partial charge < -0.3 is 5.73 Å². The summed E-state index contributed by atoms with van der Waals surface area (Å²) in [4.78, 5) is 5.57. The average molecular weight is 285 g/mol. The molecule has 0 saturated heterocycles. The Bertz CT molecular complexity index is 532. The molecule has 2 aromatic rings. The van der Waals surface area contributed by atoms with Crippen LogP contribution in [0, 0.1) is 5.82 Å². The van der Waals surface area contributed by atoms with Gasteiger partial charge >= 0.3 is 0 Å². The van der Waals surface area contributed by atoms with E-state index in [1.807, 2.05) is 6.92 Å². The molecule has 1 aromatic heterocycles. The van der Waals surface area contributed by atoms with Gasteiger partial charge in [0.15, 0.2) is 0 Å². The third-order valence-corrected chi connectivity index (χ3v) is 4.13. The largest absolute Gasteiger partial charge is 0.326 e. The molecule has 18 heavy (non-hydrogen) atoms. The fourth-order valence-electron chi connectivity index (χ4n) is 1.80. The molecule has 0 spiro atoms. The summed E-state index contributed by atoms with van der Waals surface area (Å²) in [7, 11) is 0. The van der Waals surface area contributed by atoms with Crippen molar-refractivity contribution in [2.24, 2.45) is 5.73 Å². The van der Waals surface area contributed by atoms with Gasteiger partial charge in [-0.15, -0.1) is 11.3 Å². The Morgan fingerprint density at radius 1 is 1.44 bits per heavy atom. The summed E-state index contributed by atoms with van der Waals surface area (Å²) in [6, 6.07) is 5.03. The summed E-state index contributed by atoms with van der Waals surface area (Å²) < 4.78 is 13.8. The quantitative estimate of drug-likeness (QED) is 0.932. The van der Waals surface area contributed by atoms with Crippen LogP contribution < -0.4 is 5.73 Å². The molecule has 2 nitrogen and oxygen atoms in total. The van der Waals surface area contributed by atoms with Crippen LogP contribution in [-0.4, -0.2) is 4.98 Å². The molecule has 0 amide bonds. The third kappa shape index (κ3) is 2.71. The predicted octanol–water partition coefficient (Wildman–Crippen LogP) is 3.55. The maximum atomic E-state index is 13.8. The first-order valence-corrected chi connectivity index (χ1v) is 6.95. The minimum absolute atomic E-state index is 0.152. The molecule has 0 unspecified atom stereocenters. The highest BCUT2D eigenvalue weighted by atomic mass is 35.5. The summed E-state index contributed by atoms with van der Waals surface area (Å²) in [6.07, 6.45) is 1.31. The molecule has 2 rings (SSSR count). The molecule has 0 atom stereocenters. The molecule has 0 aliphatic carbocycles. The van der Waals surface area contributed by atoms with E-state index in [4.69, 9.17) is 17.3 Å². The Balaban J connectivity index is 2.28. The monoisotopic (exact) mass is 284 g/mol. The van der Waals surface area contributed by atoms with Crippen molar-refractivity contribution in [2.75, 3.05) is 0 Å². The Kier molecular flexibility index (Phi) is 4.32. The van der Waals surface area contributed by atoms with Gasteiger partial charge in [0.2, 0.25) is 0 Å². The van der Waals surface area contributed by atoms with Crippen molar-refractivity contribution >= 4 is 22.9 Å². The van der Waals surface area contributed by atoms with E-state index >= 15 is 0 Å². The summed E-state index contributed by atoms with van der Waals surface area (Å²) in [6.45, 7) is 2.52. The predicted molar refractivity (Wildman–Crippen MR) is 73.6 cm³/mol. The molecule has 2 N–H and O–H groups in total. The lowest BCUT2D eigenvalue weighted by Gasteiger charge is -2.01. The Morgan fingerprint density at radius 3 is 2.83 bits per heavy atom. The number of aryl methyl sites for hydroxylation is 1. The standard InChI is InChI=1S/C13H14ClFN2S/c1-2-10-11(7-16)18-12(17-10)6-8-4-3-5-9(14)13(8)15/h3-5H,2,6-7,16H2,1H3. The molecule has 0 aliphatic rings. The smallest absolute Gasteiger partial charge is 0.145 e. The maximum Gasteiger partial charge on any atom is 0.145 e. The van der Waals surface area contributed by atoms with E-state index in [1.54, 1.807) is 29.5 Å². The van der Waals surface area contributed by atoms with Gasteiger partial charge in [0.05, 0.1) is 15.7 Å². The minimum Gasteiger partial charge on any atom is -0.326 e. The molecule has 96 valence electrons. The van der Waals surface area contributed by atoms with Crippen LogP contribution in [-0.2, 0) is 19.4 Å². The molecular formula is C13H14ClFN2S. The van der Waals surface area contributed by atoms with E-state index in [0.717, 1.165) is 22.0 Å². The third-order valence-electron chi connectivity index (χ3n) is 2.72. The fourth-order valence-corrected chi connectivity index (χ4v) is 3.05. The lowest BCUT2D eigenvalue weighted by molar-refractivity contribution is 0.614. The molecule has 0 fully saturated rings. The molecule has 0 radical (unpaired) electrons. The van der Waals surface area contributed by atoms with Crippen LogP contribution in [0.3, 0.4) is 0 Å². The number of benzene rings is 1. The fraction of sp³-hybridized carbons (Fsp3) is 0.308. The van der Waals surface area contributed by atoms with Crippen LogP contribution in [0.1, 0.15) is 28.1 Å². The van der Waals surface area contributed by atoms with Gasteiger partial charge in [0.1, 0.15) is 5.82 Å². The zero-order chi connectivity index (χ0) is 13.1. The van der Waals surface area contributed by atoms with Crippen molar-refractivity contribution in [3.05, 3.63) is 50.2 Å². The van der Waals surface area contributed by atoms with E-state index in [9.17, 15) is 4.39 Å². The van der Waals surface area contributed by atoms with Crippen molar-refractivity contribution in [1.29, 1.82) is 0 Å². The van der Waals surface area contributed by atoms with Crippen molar-refractivity contribution in [3.8, 4) is 0 Å². The Morgan fingerprint density at radius 2 is 2.22 bits per heavy atom. The van der Waals surface area contributed by atoms with Crippen LogP contribution in [0.2, 0.25) is 5.02 Å². The first-order valence-electron chi connectivity index (χ1n) is 5.76. The van der Waals surface area contributed by atoms with Gasteiger partial charge in [0.25, 0.3) is 0 Å². The normalized spacial score (nSPS) is 10.9. The molecule has 1 aromatic carbocycles. The van der Waals surface area contributed by atoms with Gasteiger partial charge in [-0.2, -0.15) is 0 Å². The minimum atomic E-state index is -0.360. The molecule has 0 aliphatic heterocycles. The van der Waals surface area contributed by atoms with Crippen molar-refractivity contribution < 1.29 is 4.39 Å². The van der Waals surface area contributed by atoms with Crippen LogP contribution in [0.25, 0.3) is 0 Å². The number of nitrogens with zero attached hydrogens (tertiary/aromatic N) is 1. The van der Waals surface area contributed by atoms with Crippen molar-refractivity contribution in [2.45, 2.75) is 26.3 Å². The number of aromatic nitrogens is 1. The zero-order valence-corrected chi connectivity index (χ0v) is 11.6. The van der Waals surface area contributed by atoms with Crippen LogP contribution in [0.5, 0.6) is 0 Å². The molecule has 0 bridgehead atoms. The lowest BCUT2D eigenvalue weighted by Crippen LogP contribution is -1.97. The van der Waals surface area contributed by atoms with E-state index in [2.05, 4.69) is 4.98 Å². The number of nitrogens with two attached hydrogens (primary N) is 1. The highest BCUT2D eigenvalue weighted by molar-refractivity contribution is 7.11. The van der Waals surface area contributed by atoms with Gasteiger partial charge in [0, 0.05) is 17.8 Å². The second-order valence-corrected chi connectivity index (χ2v) is 5.50. The topological polar surface area (TPSA) is 38.9 Å². The molecular weight excluding hydrogens is 271 g/mol. The number of hydrogen-bond donors (Lipinski definition) is 1. The van der Waals surface area contributed by atoms with Gasteiger partial charge in [-0.3, -0.25) is 0 Å². The first kappa shape index (κ1) is 13.5. The average Bonchev–Trinajstić information content (AvgIpc) is 2.77. The second-order valence-electron chi connectivity index (χ2n) is 3.92. The number of hydrogen-bond acceptors (Lipinski definition) is 3. The molecule has 1 heterocycles. The van der Waals surface area contributed by atoms with Gasteiger partial charge in [-0.05, 0) is 18.1 Å². The summed E-state index contributed by atoms with van der Waals surface area (Å²) >= 11 is 7.31. The Hall–Kier alpha value is -0.970. The summed E-state index contributed by atoms with van der Waals surface area (Å²) in [5.41, 5.74) is 7.25. The van der Waals surface area contributed by atoms with E-state index in [1.165, 1.54) is 0 Å². The highest BCUT2D eigenvalue weighted by Gasteiger charge is 2.12. The number of thiazole rings is 1. The van der Waals surface area contributed by atoms with Gasteiger partial charge in [-0.1, -0.05) is 30.7 Å². The molecule has 0 saturated carbocycles. The SMILES string of the molecule is CCc1nc(Cc2cccc(Cl)c2F)sc1CN. The van der Waals surface area contributed by atoms with Crippen LogP contribution in [0.15, 0.2) is 18.2 Å². The van der Waals surface area contributed by atoms with Crippen molar-refractivity contribution in [3.63, 3.8) is 0 Å². The van der Waals surface area contributed by atoms with Crippen LogP contribution >= 0.6 is 22.9 Å². The molecule has 5 heteroatoms. The van der Waals surface area contributed by atoms with Crippen LogP contribution in [0.4, 0.5) is 4.39 Å². The number of halogens is 2. The lowest BCUT2D eigenvalue weighted by atomic mass is 10.1. The maximum absolute atomic E-state index is 13.8. The number of rotatable bonds is 4. The summed E-state index contributed by atoms with van der Waals surface area (Å²) in [5.74, 6) is -0.360. The Labute approximate surface area is 115 Å². The van der Waals surface area contributed by atoms with Crippen molar-refractivity contribution in [1.82, 2.24) is 4.98 Å². The zero-order valence-electron chi connectivity index (χ0n) is 10.0. The second kappa shape index (κ2) is 5.78. The van der Waals surface area contributed by atoms with E-state index in [0.29, 0.717) is 18.5 Å². The van der Waals surface area contributed by atoms with E-state index < -0.39 is 0 Å². The summed E-state index contributed by atoms with van der Waals surface area (Å²) in [5, 5.41) is 1.03. The van der Waals surface area contributed by atoms with Gasteiger partial charge in [-0.25, -0.2) is 9.37 Å². The highest BCUT2D eigenvalue weighted by Crippen LogP contribution is 2.24. The van der Waals surface area contributed by atoms with E-state index in [-0.39, 0.29) is 10.8 Å².